The van der Waals surface area contributed by atoms with Crippen LogP contribution in [-0.2, 0) is 9.53 Å². The summed E-state index contributed by atoms with van der Waals surface area (Å²) in [7, 11) is 2.11. The number of anilines is 1. The molecule has 2 aliphatic heterocycles. The fourth-order valence-corrected chi connectivity index (χ4v) is 6.40. The van der Waals surface area contributed by atoms with Gasteiger partial charge in [-0.1, -0.05) is 53.8 Å². The third-order valence-electron chi connectivity index (χ3n) is 7.58. The number of likely N-dealkylation sites (N-methyl/N-ethyl adjacent to an activating group) is 1. The maximum Gasteiger partial charge on any atom is 0.338 e. The van der Waals surface area contributed by atoms with Gasteiger partial charge in [0.1, 0.15) is 11.5 Å². The minimum atomic E-state index is -0.749. The first-order valence-corrected chi connectivity index (χ1v) is 15.3. The molecule has 0 N–H and O–H groups in total. The van der Waals surface area contributed by atoms with Crippen LogP contribution in [0.3, 0.4) is 0 Å². The number of aromatic nitrogens is 1. The number of benzene rings is 2. The summed E-state index contributed by atoms with van der Waals surface area (Å²) >= 11 is 1.27. The molecule has 0 saturated carbocycles. The number of fused-ring (bicyclic) bond motifs is 1. The molecule has 0 amide bonds. The van der Waals surface area contributed by atoms with Crippen molar-refractivity contribution in [3.8, 4) is 5.75 Å². The summed E-state index contributed by atoms with van der Waals surface area (Å²) < 4.78 is 19.4. The van der Waals surface area contributed by atoms with Crippen molar-refractivity contribution in [1.29, 1.82) is 0 Å². The zero-order chi connectivity index (χ0) is 29.9. The molecule has 1 fully saturated rings. The largest absolute Gasteiger partial charge is 0.494 e. The molecule has 0 unspecified atom stereocenters. The first-order valence-electron chi connectivity index (χ1n) is 14.5. The molecule has 4 aromatic rings. The molecule has 0 radical (unpaired) electrons. The molecule has 0 aliphatic carbocycles. The van der Waals surface area contributed by atoms with Crippen molar-refractivity contribution >= 4 is 35.0 Å². The molecular weight excluding hydrogens is 564 g/mol. The van der Waals surface area contributed by atoms with E-state index < -0.39 is 12.0 Å². The number of furan rings is 1. The summed E-state index contributed by atoms with van der Waals surface area (Å²) in [6.45, 7) is 8.11. The minimum absolute atomic E-state index is 0.193. The van der Waals surface area contributed by atoms with Crippen molar-refractivity contribution in [3.05, 3.63) is 109 Å². The van der Waals surface area contributed by atoms with Crippen LogP contribution in [0.2, 0.25) is 0 Å². The molecule has 2 aromatic heterocycles. The van der Waals surface area contributed by atoms with Crippen molar-refractivity contribution in [1.82, 2.24) is 9.47 Å². The quantitative estimate of drug-likeness (QED) is 0.286. The lowest BCUT2D eigenvalue weighted by molar-refractivity contribution is -0.138. The van der Waals surface area contributed by atoms with Gasteiger partial charge in [-0.3, -0.25) is 9.36 Å². The van der Waals surface area contributed by atoms with Gasteiger partial charge < -0.3 is 23.7 Å². The van der Waals surface area contributed by atoms with Gasteiger partial charge in [0.15, 0.2) is 10.7 Å². The fourth-order valence-electron chi connectivity index (χ4n) is 5.41. The molecule has 1 atom stereocenters. The zero-order valence-corrected chi connectivity index (χ0v) is 25.3. The molecule has 1 saturated heterocycles. The Morgan fingerprint density at radius 2 is 1.74 bits per heavy atom. The van der Waals surface area contributed by atoms with Gasteiger partial charge in [-0.2, -0.15) is 0 Å². The summed E-state index contributed by atoms with van der Waals surface area (Å²) in [5.41, 5.74) is 2.06. The van der Waals surface area contributed by atoms with Gasteiger partial charge in [-0.05, 0) is 44.7 Å². The number of nitrogens with zero attached hydrogens (tertiary/aromatic N) is 4. The highest BCUT2D eigenvalue weighted by molar-refractivity contribution is 7.07. The molecule has 4 heterocycles. The average molecular weight is 599 g/mol. The number of carbonyl (C=O) groups excluding carboxylic acids is 1. The van der Waals surface area contributed by atoms with Gasteiger partial charge in [0, 0.05) is 43.9 Å². The Labute approximate surface area is 253 Å². The highest BCUT2D eigenvalue weighted by atomic mass is 32.1. The Morgan fingerprint density at radius 1 is 1.00 bits per heavy atom. The third kappa shape index (κ3) is 5.80. The predicted octanol–water partition coefficient (Wildman–Crippen LogP) is 3.68. The van der Waals surface area contributed by atoms with E-state index in [0.29, 0.717) is 38.7 Å². The van der Waals surface area contributed by atoms with E-state index in [1.54, 1.807) is 17.6 Å². The topological polar surface area (TPSA) is 89.5 Å². The van der Waals surface area contributed by atoms with Crippen LogP contribution in [0.25, 0.3) is 11.8 Å². The summed E-state index contributed by atoms with van der Waals surface area (Å²) in [5.74, 6) is 1.57. The third-order valence-corrected chi connectivity index (χ3v) is 8.56. The van der Waals surface area contributed by atoms with Crippen LogP contribution in [0.15, 0.2) is 86.5 Å². The second kappa shape index (κ2) is 12.4. The lowest BCUT2D eigenvalue weighted by Crippen LogP contribution is -2.44. The Morgan fingerprint density at radius 3 is 2.44 bits per heavy atom. The van der Waals surface area contributed by atoms with E-state index in [9.17, 15) is 9.59 Å². The summed E-state index contributed by atoms with van der Waals surface area (Å²) in [6, 6.07) is 20.1. The Bertz CT molecular complexity index is 1810. The molecule has 43 heavy (non-hydrogen) atoms. The van der Waals surface area contributed by atoms with Gasteiger partial charge >= 0.3 is 5.97 Å². The van der Waals surface area contributed by atoms with E-state index in [1.807, 2.05) is 73.7 Å². The van der Waals surface area contributed by atoms with Crippen LogP contribution < -0.4 is 24.5 Å². The van der Waals surface area contributed by atoms with E-state index in [0.717, 1.165) is 43.2 Å². The van der Waals surface area contributed by atoms with E-state index in [1.165, 1.54) is 11.3 Å². The monoisotopic (exact) mass is 598 g/mol. The van der Waals surface area contributed by atoms with Crippen LogP contribution in [0.1, 0.15) is 36.8 Å². The number of esters is 1. The highest BCUT2D eigenvalue weighted by Gasteiger charge is 2.35. The lowest BCUT2D eigenvalue weighted by atomic mass is 9.93. The summed E-state index contributed by atoms with van der Waals surface area (Å²) in [6.07, 6.45) is 1.76. The number of thiazole rings is 1. The van der Waals surface area contributed by atoms with Crippen LogP contribution in [0, 0.1) is 0 Å². The molecule has 0 spiro atoms. The van der Waals surface area contributed by atoms with Crippen molar-refractivity contribution in [2.45, 2.75) is 19.9 Å². The average Bonchev–Trinajstić information content (AvgIpc) is 3.62. The maximum atomic E-state index is 14.1. The zero-order valence-electron chi connectivity index (χ0n) is 24.5. The summed E-state index contributed by atoms with van der Waals surface area (Å²) in [5, 5.41) is 0. The molecular formula is C33H34N4O5S. The minimum Gasteiger partial charge on any atom is -0.494 e. The molecule has 0 bridgehead atoms. The molecule has 9 nitrogen and oxygen atoms in total. The molecule has 10 heteroatoms. The number of rotatable bonds is 8. The van der Waals surface area contributed by atoms with Gasteiger partial charge in [0.2, 0.25) is 0 Å². The summed E-state index contributed by atoms with van der Waals surface area (Å²) in [4.78, 5) is 37.6. The van der Waals surface area contributed by atoms with E-state index in [4.69, 9.17) is 18.9 Å². The van der Waals surface area contributed by atoms with Crippen LogP contribution >= 0.6 is 11.3 Å². The fraction of sp³-hybridized carbons (Fsp3) is 0.303. The standard InChI is InChI=1S/C33H34N4O5S/c1-4-40-24-13-11-23(12-14-24)30-28(32(39)41-5-2)29(22-9-7-6-8-10-22)34-33-37(30)31(38)26(43-33)21-25-15-16-27(42-25)36-19-17-35(3)18-20-36/h6-16,21,30H,4-5,17-20H2,1-3H3/b26-21+/t30-/m1/s1. The van der Waals surface area contributed by atoms with Gasteiger partial charge in [-0.15, -0.1) is 0 Å². The lowest BCUT2D eigenvalue weighted by Gasteiger charge is -2.32. The van der Waals surface area contributed by atoms with Crippen molar-refractivity contribution in [3.63, 3.8) is 0 Å². The SMILES string of the molecule is CCOC(=O)C1=C(c2ccccc2)N=c2s/c(=C/c3ccc(N4CCN(C)CC4)o3)c(=O)n2[C@@H]1c1ccc(OCC)cc1. The number of piperazine rings is 1. The number of hydrogen-bond acceptors (Lipinski definition) is 9. The van der Waals surface area contributed by atoms with E-state index >= 15 is 0 Å². The second-order valence-corrected chi connectivity index (χ2v) is 11.4. The molecule has 222 valence electrons. The smallest absolute Gasteiger partial charge is 0.338 e. The van der Waals surface area contributed by atoms with Crippen LogP contribution in [-0.4, -0.2) is 61.9 Å². The van der Waals surface area contributed by atoms with E-state index in [2.05, 4.69) is 16.8 Å². The molecule has 2 aliphatic rings. The molecule has 2 aromatic carbocycles. The van der Waals surface area contributed by atoms with Crippen LogP contribution in [0.4, 0.5) is 5.88 Å². The van der Waals surface area contributed by atoms with Crippen molar-refractivity contribution in [2.75, 3.05) is 51.3 Å². The van der Waals surface area contributed by atoms with Crippen molar-refractivity contribution < 1.29 is 18.7 Å². The second-order valence-electron chi connectivity index (χ2n) is 10.4. The maximum absolute atomic E-state index is 14.1. The first kappa shape index (κ1) is 28.7. The number of carbonyl (C=O) groups is 1. The molecule has 6 rings (SSSR count). The number of ether oxygens (including phenoxy) is 2. The first-order chi connectivity index (χ1) is 21.0. The highest BCUT2D eigenvalue weighted by Crippen LogP contribution is 2.35. The van der Waals surface area contributed by atoms with E-state index in [-0.39, 0.29) is 12.2 Å². The predicted molar refractivity (Wildman–Crippen MR) is 167 cm³/mol. The Hall–Kier alpha value is -4.41. The van der Waals surface area contributed by atoms with Crippen molar-refractivity contribution in [2.24, 2.45) is 4.99 Å². The Balaban J connectivity index is 1.50. The normalized spacial score (nSPS) is 17.5. The Kier molecular flexibility index (Phi) is 8.31. The van der Waals surface area contributed by atoms with Gasteiger partial charge in [-0.25, -0.2) is 9.79 Å². The van der Waals surface area contributed by atoms with Gasteiger partial charge in [0.25, 0.3) is 5.56 Å². The van der Waals surface area contributed by atoms with Gasteiger partial charge in [0.05, 0.1) is 35.1 Å². The number of hydrogen-bond donors (Lipinski definition) is 0. The van der Waals surface area contributed by atoms with Crippen LogP contribution in [0.5, 0.6) is 5.75 Å².